The summed E-state index contributed by atoms with van der Waals surface area (Å²) in [5, 5.41) is 5.18. The van der Waals surface area contributed by atoms with Crippen LogP contribution in [0.2, 0.25) is 5.02 Å². The Labute approximate surface area is 145 Å². The van der Waals surface area contributed by atoms with Gasteiger partial charge in [-0.25, -0.2) is 4.79 Å². The van der Waals surface area contributed by atoms with Gasteiger partial charge in [-0.1, -0.05) is 11.6 Å². The van der Waals surface area contributed by atoms with Crippen LogP contribution in [-0.2, 0) is 16.1 Å². The standard InChI is InChI=1S/C16H20ClN3O4/c1-3-24-13-6-4-11(17)8-10(13)9-20(2)14(21)7-5-12-15(22)19-16(23)18-12/h4,6,8,12H,3,5,7,9H2,1-2H3,(H2,18,19,22,23)/t12-/m1/s1. The molecule has 1 aliphatic rings. The van der Waals surface area contributed by atoms with Gasteiger partial charge in [0.25, 0.3) is 5.91 Å². The first-order valence-electron chi connectivity index (χ1n) is 7.67. The Morgan fingerprint density at radius 2 is 2.12 bits per heavy atom. The minimum atomic E-state index is -0.653. The van der Waals surface area contributed by atoms with Crippen molar-refractivity contribution >= 4 is 29.4 Å². The second kappa shape index (κ2) is 8.01. The molecular weight excluding hydrogens is 334 g/mol. The number of nitrogens with one attached hydrogen (secondary N) is 2. The Morgan fingerprint density at radius 1 is 1.38 bits per heavy atom. The Kier molecular flexibility index (Phi) is 6.03. The summed E-state index contributed by atoms with van der Waals surface area (Å²) in [4.78, 5) is 36.3. The average Bonchev–Trinajstić information content (AvgIpc) is 2.85. The van der Waals surface area contributed by atoms with Gasteiger partial charge in [-0.05, 0) is 31.5 Å². The quantitative estimate of drug-likeness (QED) is 0.730. The normalized spacial score (nSPS) is 16.5. The van der Waals surface area contributed by atoms with Gasteiger partial charge in [0.15, 0.2) is 0 Å². The number of hydrogen-bond donors (Lipinski definition) is 2. The van der Waals surface area contributed by atoms with Gasteiger partial charge < -0.3 is 15.0 Å². The summed E-state index contributed by atoms with van der Waals surface area (Å²) in [6, 6.07) is 4.10. The predicted octanol–water partition coefficient (Wildman–Crippen LogP) is 1.69. The number of ether oxygens (including phenoxy) is 1. The Morgan fingerprint density at radius 3 is 2.75 bits per heavy atom. The third-order valence-electron chi connectivity index (χ3n) is 3.66. The fraction of sp³-hybridized carbons (Fsp3) is 0.438. The number of carbonyl (C=O) groups is 3. The number of urea groups is 1. The monoisotopic (exact) mass is 353 g/mol. The number of rotatable bonds is 7. The van der Waals surface area contributed by atoms with E-state index in [1.807, 2.05) is 6.92 Å². The van der Waals surface area contributed by atoms with Crippen LogP contribution in [0, 0.1) is 0 Å². The molecular formula is C16H20ClN3O4. The van der Waals surface area contributed by atoms with Crippen molar-refractivity contribution in [2.75, 3.05) is 13.7 Å². The Balaban J connectivity index is 1.93. The second-order valence-corrected chi connectivity index (χ2v) is 5.93. The SMILES string of the molecule is CCOc1ccc(Cl)cc1CN(C)C(=O)CC[C@H]1NC(=O)NC1=O. The van der Waals surface area contributed by atoms with Crippen LogP contribution in [0.15, 0.2) is 18.2 Å². The van der Waals surface area contributed by atoms with Crippen molar-refractivity contribution in [2.24, 2.45) is 0 Å². The van der Waals surface area contributed by atoms with Crippen molar-refractivity contribution < 1.29 is 19.1 Å². The topological polar surface area (TPSA) is 87.7 Å². The van der Waals surface area contributed by atoms with E-state index in [0.29, 0.717) is 23.9 Å². The summed E-state index contributed by atoms with van der Waals surface area (Å²) in [6.07, 6.45) is 0.411. The van der Waals surface area contributed by atoms with Gasteiger partial charge >= 0.3 is 6.03 Å². The first-order chi connectivity index (χ1) is 11.4. The molecule has 24 heavy (non-hydrogen) atoms. The molecule has 7 nitrogen and oxygen atoms in total. The van der Waals surface area contributed by atoms with Crippen LogP contribution < -0.4 is 15.4 Å². The van der Waals surface area contributed by atoms with Gasteiger partial charge in [0, 0.05) is 30.6 Å². The first-order valence-corrected chi connectivity index (χ1v) is 8.05. The summed E-state index contributed by atoms with van der Waals surface area (Å²) < 4.78 is 5.54. The van der Waals surface area contributed by atoms with Crippen LogP contribution in [-0.4, -0.2) is 42.4 Å². The van der Waals surface area contributed by atoms with Crippen molar-refractivity contribution in [1.29, 1.82) is 0 Å². The molecule has 0 spiro atoms. The maximum Gasteiger partial charge on any atom is 0.322 e. The number of benzene rings is 1. The zero-order valence-corrected chi connectivity index (χ0v) is 14.4. The first kappa shape index (κ1) is 18.1. The zero-order valence-electron chi connectivity index (χ0n) is 13.6. The van der Waals surface area contributed by atoms with Gasteiger partial charge in [0.2, 0.25) is 5.91 Å². The molecule has 1 aromatic carbocycles. The third-order valence-corrected chi connectivity index (χ3v) is 3.90. The molecule has 8 heteroatoms. The molecule has 1 heterocycles. The number of halogens is 1. The van der Waals surface area contributed by atoms with Crippen molar-refractivity contribution in [3.8, 4) is 5.75 Å². The second-order valence-electron chi connectivity index (χ2n) is 5.49. The van der Waals surface area contributed by atoms with Crippen LogP contribution in [0.25, 0.3) is 0 Å². The highest BCUT2D eigenvalue weighted by Crippen LogP contribution is 2.24. The molecule has 0 aliphatic carbocycles. The van der Waals surface area contributed by atoms with E-state index in [0.717, 1.165) is 5.56 Å². The molecule has 130 valence electrons. The minimum Gasteiger partial charge on any atom is -0.494 e. The zero-order chi connectivity index (χ0) is 17.7. The van der Waals surface area contributed by atoms with Crippen LogP contribution in [0.1, 0.15) is 25.3 Å². The lowest BCUT2D eigenvalue weighted by Gasteiger charge is -2.20. The number of amides is 4. The lowest BCUT2D eigenvalue weighted by molar-refractivity contribution is -0.130. The van der Waals surface area contributed by atoms with E-state index >= 15 is 0 Å². The smallest absolute Gasteiger partial charge is 0.322 e. The molecule has 0 saturated carbocycles. The van der Waals surface area contributed by atoms with Crippen LogP contribution in [0.4, 0.5) is 4.79 Å². The van der Waals surface area contributed by atoms with E-state index in [4.69, 9.17) is 16.3 Å². The highest BCUT2D eigenvalue weighted by molar-refractivity contribution is 6.30. The van der Waals surface area contributed by atoms with E-state index in [-0.39, 0.29) is 18.7 Å². The molecule has 2 N–H and O–H groups in total. The lowest BCUT2D eigenvalue weighted by atomic mass is 10.1. The van der Waals surface area contributed by atoms with E-state index in [1.165, 1.54) is 0 Å². The lowest BCUT2D eigenvalue weighted by Crippen LogP contribution is -2.32. The van der Waals surface area contributed by atoms with Gasteiger partial charge in [-0.3, -0.25) is 14.9 Å². The predicted molar refractivity (Wildman–Crippen MR) is 88.8 cm³/mol. The molecule has 4 amide bonds. The fourth-order valence-corrected chi connectivity index (χ4v) is 2.63. The van der Waals surface area contributed by atoms with Crippen LogP contribution in [0.5, 0.6) is 5.75 Å². The summed E-state index contributed by atoms with van der Waals surface area (Å²) in [6.45, 7) is 2.74. The number of imide groups is 1. The molecule has 1 aromatic rings. The maximum atomic E-state index is 12.3. The molecule has 1 fully saturated rings. The van der Waals surface area contributed by atoms with E-state index in [2.05, 4.69) is 10.6 Å². The van der Waals surface area contributed by atoms with E-state index < -0.39 is 18.0 Å². The van der Waals surface area contributed by atoms with E-state index in [9.17, 15) is 14.4 Å². The Hall–Kier alpha value is -2.28. The summed E-state index contributed by atoms with van der Waals surface area (Å²) in [5.74, 6) is 0.152. The highest BCUT2D eigenvalue weighted by Gasteiger charge is 2.29. The molecule has 0 aromatic heterocycles. The minimum absolute atomic E-state index is 0.133. The molecule has 2 rings (SSSR count). The van der Waals surface area contributed by atoms with Gasteiger partial charge in [0.1, 0.15) is 11.8 Å². The molecule has 0 radical (unpaired) electrons. The van der Waals surface area contributed by atoms with Crippen molar-refractivity contribution in [1.82, 2.24) is 15.5 Å². The molecule has 0 bridgehead atoms. The van der Waals surface area contributed by atoms with Gasteiger partial charge in [0.05, 0.1) is 6.61 Å². The van der Waals surface area contributed by atoms with Crippen molar-refractivity contribution in [3.05, 3.63) is 28.8 Å². The maximum absolute atomic E-state index is 12.3. The number of carbonyl (C=O) groups excluding carboxylic acids is 3. The van der Waals surface area contributed by atoms with Crippen LogP contribution in [0.3, 0.4) is 0 Å². The number of nitrogens with zero attached hydrogens (tertiary/aromatic N) is 1. The molecule has 1 aliphatic heterocycles. The Bertz CT molecular complexity index is 650. The highest BCUT2D eigenvalue weighted by atomic mass is 35.5. The van der Waals surface area contributed by atoms with Gasteiger partial charge in [-0.2, -0.15) is 0 Å². The molecule has 1 saturated heterocycles. The molecule has 0 unspecified atom stereocenters. The van der Waals surface area contributed by atoms with E-state index in [1.54, 1.807) is 30.1 Å². The van der Waals surface area contributed by atoms with Crippen LogP contribution >= 0.6 is 11.6 Å². The van der Waals surface area contributed by atoms with Crippen molar-refractivity contribution in [3.63, 3.8) is 0 Å². The summed E-state index contributed by atoms with van der Waals surface area (Å²) >= 11 is 6.01. The largest absolute Gasteiger partial charge is 0.494 e. The van der Waals surface area contributed by atoms with Gasteiger partial charge in [-0.15, -0.1) is 0 Å². The van der Waals surface area contributed by atoms with Crippen molar-refractivity contribution in [2.45, 2.75) is 32.4 Å². The third kappa shape index (κ3) is 4.61. The summed E-state index contributed by atoms with van der Waals surface area (Å²) in [5.41, 5.74) is 0.812. The number of hydrogen-bond acceptors (Lipinski definition) is 4. The average molecular weight is 354 g/mol. The molecule has 1 atom stereocenters. The summed E-state index contributed by atoms with van der Waals surface area (Å²) in [7, 11) is 1.67. The fourth-order valence-electron chi connectivity index (χ4n) is 2.43.